The summed E-state index contributed by atoms with van der Waals surface area (Å²) < 4.78 is 15.9. The first-order valence-electron chi connectivity index (χ1n) is 8.16. The van der Waals surface area contributed by atoms with Crippen LogP contribution < -0.4 is 15.8 Å². The van der Waals surface area contributed by atoms with Crippen LogP contribution in [0.2, 0.25) is 0 Å². The SMILES string of the molecule is NCc1cc(Nc2nc(OC3CCCCC3)c3occc3n2)sn1. The van der Waals surface area contributed by atoms with E-state index in [0.717, 1.165) is 29.1 Å². The van der Waals surface area contributed by atoms with Crippen LogP contribution in [0.5, 0.6) is 5.88 Å². The van der Waals surface area contributed by atoms with Crippen LogP contribution >= 0.6 is 11.5 Å². The summed E-state index contributed by atoms with van der Waals surface area (Å²) in [4.78, 5) is 8.98. The third kappa shape index (κ3) is 3.20. The van der Waals surface area contributed by atoms with Crippen molar-refractivity contribution in [1.29, 1.82) is 0 Å². The van der Waals surface area contributed by atoms with Gasteiger partial charge >= 0.3 is 0 Å². The topological polar surface area (TPSA) is 99.1 Å². The van der Waals surface area contributed by atoms with Gasteiger partial charge in [0.25, 0.3) is 5.88 Å². The van der Waals surface area contributed by atoms with Gasteiger partial charge in [0.2, 0.25) is 11.5 Å². The highest BCUT2D eigenvalue weighted by Crippen LogP contribution is 2.30. The molecule has 1 fully saturated rings. The van der Waals surface area contributed by atoms with Gasteiger partial charge in [-0.2, -0.15) is 9.36 Å². The fourth-order valence-electron chi connectivity index (χ4n) is 2.89. The molecular formula is C16H19N5O2S. The lowest BCUT2D eigenvalue weighted by atomic mass is 9.98. The normalized spacial score (nSPS) is 15.7. The Labute approximate surface area is 143 Å². The van der Waals surface area contributed by atoms with E-state index in [1.165, 1.54) is 30.8 Å². The van der Waals surface area contributed by atoms with Crippen LogP contribution in [0.25, 0.3) is 11.1 Å². The summed E-state index contributed by atoms with van der Waals surface area (Å²) in [6.45, 7) is 0.413. The van der Waals surface area contributed by atoms with E-state index >= 15 is 0 Å². The predicted octanol–water partition coefficient (Wildman–Crippen LogP) is 3.59. The maximum absolute atomic E-state index is 6.11. The van der Waals surface area contributed by atoms with Crippen LogP contribution in [0.3, 0.4) is 0 Å². The molecule has 1 aliphatic carbocycles. The van der Waals surface area contributed by atoms with Crippen LogP contribution in [-0.4, -0.2) is 20.4 Å². The summed E-state index contributed by atoms with van der Waals surface area (Å²) >= 11 is 1.33. The molecule has 3 aromatic rings. The van der Waals surface area contributed by atoms with Crippen molar-refractivity contribution in [2.24, 2.45) is 5.73 Å². The van der Waals surface area contributed by atoms with Crippen molar-refractivity contribution < 1.29 is 9.15 Å². The third-order valence-electron chi connectivity index (χ3n) is 4.11. The monoisotopic (exact) mass is 345 g/mol. The number of hydrogen-bond acceptors (Lipinski definition) is 8. The van der Waals surface area contributed by atoms with Crippen LogP contribution in [0.1, 0.15) is 37.8 Å². The van der Waals surface area contributed by atoms with Crippen LogP contribution in [0.15, 0.2) is 22.8 Å². The van der Waals surface area contributed by atoms with E-state index < -0.39 is 0 Å². The summed E-state index contributed by atoms with van der Waals surface area (Å²) in [6.07, 6.45) is 7.60. The van der Waals surface area contributed by atoms with E-state index in [0.29, 0.717) is 24.0 Å². The van der Waals surface area contributed by atoms with Gasteiger partial charge in [-0.15, -0.1) is 0 Å². The van der Waals surface area contributed by atoms with Crippen molar-refractivity contribution in [2.45, 2.75) is 44.8 Å². The number of hydrogen-bond donors (Lipinski definition) is 2. The maximum Gasteiger partial charge on any atom is 0.263 e. The van der Waals surface area contributed by atoms with Crippen molar-refractivity contribution in [3.8, 4) is 5.88 Å². The minimum absolute atomic E-state index is 0.196. The van der Waals surface area contributed by atoms with Gasteiger partial charge in [0, 0.05) is 12.6 Å². The highest BCUT2D eigenvalue weighted by molar-refractivity contribution is 7.10. The van der Waals surface area contributed by atoms with Gasteiger partial charge in [-0.25, -0.2) is 4.98 Å². The molecule has 3 heterocycles. The molecule has 1 saturated carbocycles. The molecule has 0 aromatic carbocycles. The molecule has 0 bridgehead atoms. The largest absolute Gasteiger partial charge is 0.472 e. The molecular weight excluding hydrogens is 326 g/mol. The van der Waals surface area contributed by atoms with E-state index in [4.69, 9.17) is 14.9 Å². The van der Waals surface area contributed by atoms with Gasteiger partial charge in [0.05, 0.1) is 12.0 Å². The number of fused-ring (bicyclic) bond motifs is 1. The second-order valence-electron chi connectivity index (χ2n) is 5.88. The van der Waals surface area contributed by atoms with Crippen LogP contribution in [0, 0.1) is 0 Å². The predicted molar refractivity (Wildman–Crippen MR) is 92.6 cm³/mol. The van der Waals surface area contributed by atoms with Gasteiger partial charge in [-0.05, 0) is 43.3 Å². The van der Waals surface area contributed by atoms with Crippen molar-refractivity contribution in [3.63, 3.8) is 0 Å². The Balaban J connectivity index is 1.61. The molecule has 0 radical (unpaired) electrons. The molecule has 0 aliphatic heterocycles. The molecule has 0 amide bonds. The van der Waals surface area contributed by atoms with Gasteiger partial charge in [0.15, 0.2) is 0 Å². The number of nitrogens with two attached hydrogens (primary N) is 1. The number of nitrogens with one attached hydrogen (secondary N) is 1. The number of ether oxygens (including phenoxy) is 1. The Bertz CT molecular complexity index is 825. The lowest BCUT2D eigenvalue weighted by molar-refractivity contribution is 0.149. The highest BCUT2D eigenvalue weighted by Gasteiger charge is 2.19. The first-order chi connectivity index (χ1) is 11.8. The van der Waals surface area contributed by atoms with Gasteiger partial charge in [-0.1, -0.05) is 6.42 Å². The third-order valence-corrected chi connectivity index (χ3v) is 4.85. The number of aromatic nitrogens is 3. The summed E-state index contributed by atoms with van der Waals surface area (Å²) in [5.74, 6) is 0.977. The average molecular weight is 345 g/mol. The number of nitrogens with zero attached hydrogens (tertiary/aromatic N) is 3. The Morgan fingerprint density at radius 1 is 1.29 bits per heavy atom. The molecule has 0 unspecified atom stereocenters. The van der Waals surface area contributed by atoms with E-state index in [1.807, 2.05) is 12.1 Å². The second kappa shape index (κ2) is 6.74. The molecule has 0 spiro atoms. The first-order valence-corrected chi connectivity index (χ1v) is 8.94. The molecule has 7 nitrogen and oxygen atoms in total. The summed E-state index contributed by atoms with van der Waals surface area (Å²) in [6, 6.07) is 3.71. The molecule has 0 saturated heterocycles. The molecule has 24 heavy (non-hydrogen) atoms. The minimum Gasteiger partial charge on any atom is -0.472 e. The number of anilines is 2. The summed E-state index contributed by atoms with van der Waals surface area (Å²) in [5, 5.41) is 4.02. The molecule has 1 aliphatic rings. The van der Waals surface area contributed by atoms with Gasteiger partial charge in [-0.3, -0.25) is 0 Å². The molecule has 3 aromatic heterocycles. The lowest BCUT2D eigenvalue weighted by Crippen LogP contribution is -2.20. The van der Waals surface area contributed by atoms with Crippen molar-refractivity contribution >= 4 is 33.6 Å². The van der Waals surface area contributed by atoms with Crippen molar-refractivity contribution in [3.05, 3.63) is 24.1 Å². The molecule has 0 atom stereocenters. The van der Waals surface area contributed by atoms with Crippen molar-refractivity contribution in [1.82, 2.24) is 14.3 Å². The number of rotatable bonds is 5. The minimum atomic E-state index is 0.196. The van der Waals surface area contributed by atoms with E-state index in [9.17, 15) is 0 Å². The summed E-state index contributed by atoms with van der Waals surface area (Å²) in [5.41, 5.74) is 7.76. The Kier molecular flexibility index (Phi) is 4.31. The fourth-order valence-corrected chi connectivity index (χ4v) is 3.56. The molecule has 126 valence electrons. The standard InChI is InChI=1S/C16H19N5O2S/c17-9-10-8-13(24-21-10)19-16-18-12-6-7-22-14(12)15(20-16)23-11-4-2-1-3-5-11/h6-8,11H,1-5,9,17H2,(H,18,19,20). The molecule has 4 rings (SSSR count). The Morgan fingerprint density at radius 2 is 2.17 bits per heavy atom. The quantitative estimate of drug-likeness (QED) is 0.729. The maximum atomic E-state index is 6.11. The average Bonchev–Trinajstić information content (AvgIpc) is 3.25. The Hall–Kier alpha value is -2.19. The van der Waals surface area contributed by atoms with E-state index in [1.54, 1.807) is 6.26 Å². The van der Waals surface area contributed by atoms with E-state index in [-0.39, 0.29) is 6.10 Å². The zero-order valence-corrected chi connectivity index (χ0v) is 14.0. The Morgan fingerprint density at radius 3 is 2.96 bits per heavy atom. The second-order valence-corrected chi connectivity index (χ2v) is 6.68. The first kappa shape index (κ1) is 15.3. The van der Waals surface area contributed by atoms with Gasteiger partial charge < -0.3 is 20.2 Å². The highest BCUT2D eigenvalue weighted by atomic mass is 32.1. The van der Waals surface area contributed by atoms with Gasteiger partial charge in [0.1, 0.15) is 16.6 Å². The molecule has 8 heteroatoms. The van der Waals surface area contributed by atoms with Crippen molar-refractivity contribution in [2.75, 3.05) is 5.32 Å². The smallest absolute Gasteiger partial charge is 0.263 e. The lowest BCUT2D eigenvalue weighted by Gasteiger charge is -2.22. The zero-order chi connectivity index (χ0) is 16.4. The summed E-state index contributed by atoms with van der Waals surface area (Å²) in [7, 11) is 0. The van der Waals surface area contributed by atoms with Crippen LogP contribution in [-0.2, 0) is 6.54 Å². The van der Waals surface area contributed by atoms with Crippen LogP contribution in [0.4, 0.5) is 10.9 Å². The fraction of sp³-hybridized carbons (Fsp3) is 0.438. The number of furan rings is 1. The molecule has 3 N–H and O–H groups in total. The zero-order valence-electron chi connectivity index (χ0n) is 13.2. The van der Waals surface area contributed by atoms with E-state index in [2.05, 4.69) is 19.7 Å².